The topological polar surface area (TPSA) is 21.7 Å². The van der Waals surface area contributed by atoms with Crippen LogP contribution in [0.3, 0.4) is 0 Å². The number of ether oxygens (including phenoxy) is 2. The maximum absolute atomic E-state index is 6.28. The molecule has 0 spiro atoms. The molecular weight excluding hydrogens is 382 g/mol. The van der Waals surface area contributed by atoms with Crippen molar-refractivity contribution in [2.75, 3.05) is 27.7 Å². The van der Waals surface area contributed by atoms with Crippen LogP contribution in [0.25, 0.3) is 11.1 Å². The van der Waals surface area contributed by atoms with Crippen LogP contribution < -0.4 is 9.47 Å². The maximum Gasteiger partial charge on any atom is 0.123 e. The fourth-order valence-corrected chi connectivity index (χ4v) is 4.41. The summed E-state index contributed by atoms with van der Waals surface area (Å²) < 4.78 is 11.5. The van der Waals surface area contributed by atoms with Crippen molar-refractivity contribution < 1.29 is 9.47 Å². The zero-order valence-corrected chi connectivity index (χ0v) is 18.9. The molecule has 162 valence electrons. The second kappa shape index (κ2) is 10.0. The van der Waals surface area contributed by atoms with Gasteiger partial charge >= 0.3 is 0 Å². The minimum atomic E-state index is 0.601. The van der Waals surface area contributed by atoms with E-state index in [2.05, 4.69) is 73.6 Å². The number of hydrogen-bond acceptors (Lipinski definition) is 3. The highest BCUT2D eigenvalue weighted by atomic mass is 16.5. The van der Waals surface area contributed by atoms with Gasteiger partial charge in [-0.2, -0.15) is 0 Å². The number of nitrogens with zero attached hydrogens (tertiary/aromatic N) is 1. The lowest BCUT2D eigenvalue weighted by Gasteiger charge is -2.27. The zero-order chi connectivity index (χ0) is 21.6. The second-order valence-electron chi connectivity index (χ2n) is 8.81. The Morgan fingerprint density at radius 2 is 1.61 bits per heavy atom. The van der Waals surface area contributed by atoms with Gasteiger partial charge in [0.2, 0.25) is 0 Å². The summed E-state index contributed by atoms with van der Waals surface area (Å²) in [6.07, 6.45) is 4.84. The summed E-state index contributed by atoms with van der Waals surface area (Å²) in [5.41, 5.74) is 6.47. The molecule has 3 aromatic carbocycles. The van der Waals surface area contributed by atoms with E-state index in [1.165, 1.54) is 53.6 Å². The van der Waals surface area contributed by atoms with E-state index in [0.29, 0.717) is 6.61 Å². The van der Waals surface area contributed by atoms with E-state index in [4.69, 9.17) is 9.47 Å². The third kappa shape index (κ3) is 5.48. The predicted octanol–water partition coefficient (Wildman–Crippen LogP) is 6.00. The highest BCUT2D eigenvalue weighted by Gasteiger charge is 2.21. The van der Waals surface area contributed by atoms with Crippen LogP contribution in [0.15, 0.2) is 66.7 Å². The van der Waals surface area contributed by atoms with Crippen molar-refractivity contribution in [3.05, 3.63) is 83.4 Å². The van der Waals surface area contributed by atoms with Gasteiger partial charge in [0.15, 0.2) is 0 Å². The minimum absolute atomic E-state index is 0.601. The van der Waals surface area contributed by atoms with Crippen LogP contribution in [-0.2, 0) is 19.4 Å². The van der Waals surface area contributed by atoms with Gasteiger partial charge in [-0.25, -0.2) is 0 Å². The van der Waals surface area contributed by atoms with E-state index in [9.17, 15) is 0 Å². The lowest BCUT2D eigenvalue weighted by Crippen LogP contribution is -2.21. The molecule has 3 heteroatoms. The van der Waals surface area contributed by atoms with Crippen molar-refractivity contribution in [3.8, 4) is 22.6 Å². The first kappa shape index (κ1) is 21.5. The summed E-state index contributed by atoms with van der Waals surface area (Å²) in [5, 5.41) is 0. The first-order valence-corrected chi connectivity index (χ1v) is 11.2. The summed E-state index contributed by atoms with van der Waals surface area (Å²) in [6, 6.07) is 23.4. The quantitative estimate of drug-likeness (QED) is 0.450. The average molecular weight is 416 g/mol. The Hall–Kier alpha value is -2.78. The van der Waals surface area contributed by atoms with Crippen LogP contribution in [0.5, 0.6) is 11.5 Å². The summed E-state index contributed by atoms with van der Waals surface area (Å²) in [6.45, 7) is 1.77. The summed E-state index contributed by atoms with van der Waals surface area (Å²) in [7, 11) is 6.01. The van der Waals surface area contributed by atoms with Gasteiger partial charge in [0.1, 0.15) is 18.1 Å². The van der Waals surface area contributed by atoms with E-state index in [1.807, 2.05) is 12.1 Å². The molecule has 1 aliphatic carbocycles. The van der Waals surface area contributed by atoms with Crippen molar-refractivity contribution in [1.82, 2.24) is 4.90 Å². The number of hydrogen-bond donors (Lipinski definition) is 0. The highest BCUT2D eigenvalue weighted by Crippen LogP contribution is 2.34. The highest BCUT2D eigenvalue weighted by molar-refractivity contribution is 5.64. The largest absolute Gasteiger partial charge is 0.497 e. The number of fused-ring (bicyclic) bond motifs is 1. The summed E-state index contributed by atoms with van der Waals surface area (Å²) >= 11 is 0. The van der Waals surface area contributed by atoms with E-state index >= 15 is 0 Å². The van der Waals surface area contributed by atoms with E-state index in [1.54, 1.807) is 7.11 Å². The van der Waals surface area contributed by atoms with Crippen LogP contribution >= 0.6 is 0 Å². The maximum atomic E-state index is 6.28. The predicted molar refractivity (Wildman–Crippen MR) is 128 cm³/mol. The number of rotatable bonds is 8. The molecule has 0 saturated heterocycles. The normalized spacial score (nSPS) is 15.5. The molecule has 0 saturated carbocycles. The van der Waals surface area contributed by atoms with E-state index in [-0.39, 0.29) is 0 Å². The van der Waals surface area contributed by atoms with Gasteiger partial charge in [-0.15, -0.1) is 0 Å². The molecule has 0 heterocycles. The standard InChI is InChI=1S/C28H33NO2/c1-29(2)18-17-21-9-16-27-25(19-21)5-4-6-28(27)31-20-22-7-10-23(11-8-22)24-12-14-26(30-3)15-13-24/h4-8,10-15,21H,9,16-20H2,1-3H3. The molecule has 0 N–H and O–H groups in total. The first-order valence-electron chi connectivity index (χ1n) is 11.2. The van der Waals surface area contributed by atoms with Gasteiger partial charge in [-0.1, -0.05) is 48.5 Å². The van der Waals surface area contributed by atoms with Crippen LogP contribution in [0.2, 0.25) is 0 Å². The van der Waals surface area contributed by atoms with Crippen molar-refractivity contribution >= 4 is 0 Å². The fourth-order valence-electron chi connectivity index (χ4n) is 4.41. The van der Waals surface area contributed by atoms with Gasteiger partial charge in [0.25, 0.3) is 0 Å². The molecule has 1 atom stereocenters. The average Bonchev–Trinajstić information content (AvgIpc) is 2.81. The first-order chi connectivity index (χ1) is 15.1. The molecule has 0 aliphatic heterocycles. The number of benzene rings is 3. The minimum Gasteiger partial charge on any atom is -0.497 e. The van der Waals surface area contributed by atoms with Gasteiger partial charge < -0.3 is 14.4 Å². The Kier molecular flexibility index (Phi) is 6.93. The van der Waals surface area contributed by atoms with Crippen LogP contribution in [0.1, 0.15) is 29.5 Å². The lowest BCUT2D eigenvalue weighted by atomic mass is 9.82. The van der Waals surface area contributed by atoms with Crippen LogP contribution in [0.4, 0.5) is 0 Å². The molecule has 0 fully saturated rings. The molecule has 0 radical (unpaired) electrons. The summed E-state index contributed by atoms with van der Waals surface area (Å²) in [4.78, 5) is 2.29. The summed E-state index contributed by atoms with van der Waals surface area (Å²) in [5.74, 6) is 2.72. The van der Waals surface area contributed by atoms with E-state index < -0.39 is 0 Å². The van der Waals surface area contributed by atoms with Crippen molar-refractivity contribution in [1.29, 1.82) is 0 Å². The molecule has 3 aromatic rings. The molecule has 31 heavy (non-hydrogen) atoms. The lowest BCUT2D eigenvalue weighted by molar-refractivity contribution is 0.294. The van der Waals surface area contributed by atoms with Crippen LogP contribution in [0, 0.1) is 5.92 Å². The molecule has 3 nitrogen and oxygen atoms in total. The molecule has 0 amide bonds. The SMILES string of the molecule is COc1ccc(-c2ccc(COc3cccc4c3CCC(CCN(C)C)C4)cc2)cc1. The third-order valence-corrected chi connectivity index (χ3v) is 6.30. The van der Waals surface area contributed by atoms with Crippen molar-refractivity contribution in [2.24, 2.45) is 5.92 Å². The Labute approximate surface area is 186 Å². The molecule has 1 unspecified atom stereocenters. The fraction of sp³-hybridized carbons (Fsp3) is 0.357. The number of methoxy groups -OCH3 is 1. The monoisotopic (exact) mass is 415 g/mol. The Morgan fingerprint density at radius 3 is 2.29 bits per heavy atom. The molecular formula is C28H33NO2. The zero-order valence-electron chi connectivity index (χ0n) is 18.9. The Morgan fingerprint density at radius 1 is 0.903 bits per heavy atom. The Bertz CT molecular complexity index is 977. The molecule has 1 aliphatic rings. The van der Waals surface area contributed by atoms with Crippen molar-refractivity contribution in [3.63, 3.8) is 0 Å². The van der Waals surface area contributed by atoms with Gasteiger partial charge in [0.05, 0.1) is 7.11 Å². The van der Waals surface area contributed by atoms with E-state index in [0.717, 1.165) is 23.8 Å². The van der Waals surface area contributed by atoms with Gasteiger partial charge in [0, 0.05) is 0 Å². The third-order valence-electron chi connectivity index (χ3n) is 6.30. The second-order valence-corrected chi connectivity index (χ2v) is 8.81. The Balaban J connectivity index is 1.38. The molecule has 0 bridgehead atoms. The van der Waals surface area contributed by atoms with Gasteiger partial charge in [-0.05, 0) is 98.3 Å². The smallest absolute Gasteiger partial charge is 0.123 e. The molecule has 4 rings (SSSR count). The van der Waals surface area contributed by atoms with Gasteiger partial charge in [-0.3, -0.25) is 0 Å². The molecule has 0 aromatic heterocycles. The van der Waals surface area contributed by atoms with Crippen molar-refractivity contribution in [2.45, 2.75) is 32.3 Å². The van der Waals surface area contributed by atoms with Crippen LogP contribution in [-0.4, -0.2) is 32.6 Å².